The highest BCUT2D eigenvalue weighted by atomic mass is 32.2. The number of aryl methyl sites for hydroxylation is 2. The summed E-state index contributed by atoms with van der Waals surface area (Å²) in [5.41, 5.74) is 3.11. The molecule has 0 bridgehead atoms. The van der Waals surface area contributed by atoms with Crippen LogP contribution in [0.1, 0.15) is 18.1 Å². The number of hydrogen-bond acceptors (Lipinski definition) is 5. The van der Waals surface area contributed by atoms with Crippen LogP contribution in [0, 0.1) is 0 Å². The van der Waals surface area contributed by atoms with E-state index in [1.165, 1.54) is 5.56 Å². The second-order valence-corrected chi connectivity index (χ2v) is 7.94. The van der Waals surface area contributed by atoms with Gasteiger partial charge in [0, 0.05) is 5.69 Å². The molecule has 0 unspecified atom stereocenters. The lowest BCUT2D eigenvalue weighted by Gasteiger charge is -2.10. The van der Waals surface area contributed by atoms with Gasteiger partial charge in [0.05, 0.1) is 5.75 Å². The van der Waals surface area contributed by atoms with Crippen molar-refractivity contribution in [2.24, 2.45) is 0 Å². The van der Waals surface area contributed by atoms with Gasteiger partial charge in [-0.25, -0.2) is 8.42 Å². The number of para-hydroxylation sites is 1. The molecule has 0 amide bonds. The Kier molecular flexibility index (Phi) is 6.03. The van der Waals surface area contributed by atoms with Crippen molar-refractivity contribution in [2.75, 3.05) is 15.8 Å². The van der Waals surface area contributed by atoms with Crippen molar-refractivity contribution < 1.29 is 8.42 Å². The number of hydrogen-bond donors (Lipinski definition) is 2. The number of anilines is 3. The lowest BCUT2D eigenvalue weighted by Crippen LogP contribution is -2.19. The Morgan fingerprint density at radius 3 is 2.22 bits per heavy atom. The van der Waals surface area contributed by atoms with Crippen molar-refractivity contribution in [2.45, 2.75) is 19.8 Å². The van der Waals surface area contributed by atoms with Crippen molar-refractivity contribution >= 4 is 27.3 Å². The fraction of sp³-hybridized carbons (Fsp3) is 0.200. The van der Waals surface area contributed by atoms with E-state index in [1.54, 1.807) is 12.1 Å². The molecule has 0 atom stereocenters. The topological polar surface area (TPSA) is 84.0 Å². The first kappa shape index (κ1) is 18.8. The summed E-state index contributed by atoms with van der Waals surface area (Å²) in [5.74, 6) is 0.753. The van der Waals surface area contributed by atoms with E-state index in [0.29, 0.717) is 12.2 Å². The fourth-order valence-corrected chi connectivity index (χ4v) is 3.68. The Bertz CT molecular complexity index is 974. The molecule has 7 heteroatoms. The van der Waals surface area contributed by atoms with Crippen LogP contribution in [0.15, 0.2) is 66.7 Å². The van der Waals surface area contributed by atoms with Crippen LogP contribution in [0.3, 0.4) is 0 Å². The van der Waals surface area contributed by atoms with E-state index in [9.17, 15) is 8.42 Å². The molecule has 2 N–H and O–H groups in total. The van der Waals surface area contributed by atoms with Crippen molar-refractivity contribution in [1.82, 2.24) is 10.2 Å². The third-order valence-electron chi connectivity index (χ3n) is 4.09. The predicted octanol–water partition coefficient (Wildman–Crippen LogP) is 3.77. The number of benzene rings is 2. The molecule has 1 heterocycles. The molecule has 0 aliphatic carbocycles. The van der Waals surface area contributed by atoms with Crippen LogP contribution in [0.25, 0.3) is 0 Å². The first-order chi connectivity index (χ1) is 13.1. The van der Waals surface area contributed by atoms with E-state index in [2.05, 4.69) is 27.2 Å². The van der Waals surface area contributed by atoms with E-state index in [1.807, 2.05) is 54.6 Å². The molecular formula is C20H22N4O2S. The maximum atomic E-state index is 12.2. The molecule has 2 aromatic carbocycles. The molecule has 0 saturated carbocycles. The van der Waals surface area contributed by atoms with Gasteiger partial charge in [-0.05, 0) is 42.2 Å². The number of nitrogens with zero attached hydrogens (tertiary/aromatic N) is 2. The molecular weight excluding hydrogens is 360 g/mol. The third-order valence-corrected chi connectivity index (χ3v) is 5.35. The average molecular weight is 382 g/mol. The highest BCUT2D eigenvalue weighted by molar-refractivity contribution is 7.92. The minimum absolute atomic E-state index is 0.0113. The standard InChI is InChI=1S/C20H22N4O2S/c1-2-17-10-6-7-11-18(17)21-19-12-13-20(23-22-19)24-27(25,26)15-14-16-8-4-3-5-9-16/h3-13H,2,14-15H2,1H3,(H,21,22)(H,23,24). The van der Waals surface area contributed by atoms with Crippen LogP contribution in [-0.2, 0) is 22.9 Å². The molecule has 6 nitrogen and oxygen atoms in total. The fourth-order valence-electron chi connectivity index (χ4n) is 2.65. The number of rotatable bonds is 8. The summed E-state index contributed by atoms with van der Waals surface area (Å²) >= 11 is 0. The SMILES string of the molecule is CCc1ccccc1Nc1ccc(NS(=O)(=O)CCc2ccccc2)nn1. The Morgan fingerprint density at radius 1 is 0.852 bits per heavy atom. The second kappa shape index (κ2) is 8.64. The predicted molar refractivity (Wildman–Crippen MR) is 109 cm³/mol. The monoisotopic (exact) mass is 382 g/mol. The van der Waals surface area contributed by atoms with Gasteiger partial charge >= 0.3 is 0 Å². The van der Waals surface area contributed by atoms with Crippen molar-refractivity contribution in [1.29, 1.82) is 0 Å². The summed E-state index contributed by atoms with van der Waals surface area (Å²) in [4.78, 5) is 0. The van der Waals surface area contributed by atoms with E-state index in [4.69, 9.17) is 0 Å². The number of aromatic nitrogens is 2. The van der Waals surface area contributed by atoms with Gasteiger partial charge in [0.15, 0.2) is 11.6 Å². The van der Waals surface area contributed by atoms with Crippen LogP contribution >= 0.6 is 0 Å². The Morgan fingerprint density at radius 2 is 1.52 bits per heavy atom. The van der Waals surface area contributed by atoms with Crippen molar-refractivity contribution in [3.05, 3.63) is 77.9 Å². The molecule has 27 heavy (non-hydrogen) atoms. The molecule has 0 spiro atoms. The molecule has 0 radical (unpaired) electrons. The van der Waals surface area contributed by atoms with Gasteiger partial charge in [0.2, 0.25) is 10.0 Å². The Labute approximate surface area is 159 Å². The van der Waals surface area contributed by atoms with Gasteiger partial charge < -0.3 is 5.32 Å². The Hall–Kier alpha value is -2.93. The summed E-state index contributed by atoms with van der Waals surface area (Å²) < 4.78 is 26.9. The molecule has 3 aromatic rings. The zero-order chi connectivity index (χ0) is 19.1. The van der Waals surface area contributed by atoms with Gasteiger partial charge in [0.1, 0.15) is 0 Å². The van der Waals surface area contributed by atoms with Crippen LogP contribution < -0.4 is 10.0 Å². The smallest absolute Gasteiger partial charge is 0.234 e. The minimum atomic E-state index is -3.49. The van der Waals surface area contributed by atoms with Crippen molar-refractivity contribution in [3.8, 4) is 0 Å². The van der Waals surface area contributed by atoms with Crippen LogP contribution in [0.4, 0.5) is 17.3 Å². The molecule has 0 saturated heterocycles. The molecule has 3 rings (SSSR count). The maximum absolute atomic E-state index is 12.2. The zero-order valence-corrected chi connectivity index (χ0v) is 15.9. The highest BCUT2D eigenvalue weighted by Gasteiger charge is 2.12. The quantitative estimate of drug-likeness (QED) is 0.620. The van der Waals surface area contributed by atoms with Crippen molar-refractivity contribution in [3.63, 3.8) is 0 Å². The Balaban J connectivity index is 1.61. The highest BCUT2D eigenvalue weighted by Crippen LogP contribution is 2.20. The molecule has 0 fully saturated rings. The van der Waals surface area contributed by atoms with E-state index in [0.717, 1.165) is 17.7 Å². The van der Waals surface area contributed by atoms with Gasteiger partial charge in [-0.15, -0.1) is 10.2 Å². The zero-order valence-electron chi connectivity index (χ0n) is 15.1. The van der Waals surface area contributed by atoms with E-state index >= 15 is 0 Å². The lowest BCUT2D eigenvalue weighted by molar-refractivity contribution is 0.600. The van der Waals surface area contributed by atoms with Crippen LogP contribution in [-0.4, -0.2) is 24.4 Å². The maximum Gasteiger partial charge on any atom is 0.234 e. The van der Waals surface area contributed by atoms with Gasteiger partial charge in [-0.1, -0.05) is 55.5 Å². The van der Waals surface area contributed by atoms with E-state index < -0.39 is 10.0 Å². The van der Waals surface area contributed by atoms with Crippen LogP contribution in [0.5, 0.6) is 0 Å². The van der Waals surface area contributed by atoms with Gasteiger partial charge in [-0.3, -0.25) is 4.72 Å². The van der Waals surface area contributed by atoms with Gasteiger partial charge in [0.25, 0.3) is 0 Å². The molecule has 0 aliphatic heterocycles. The third kappa shape index (κ3) is 5.52. The largest absolute Gasteiger partial charge is 0.339 e. The minimum Gasteiger partial charge on any atom is -0.339 e. The average Bonchev–Trinajstić information content (AvgIpc) is 2.69. The summed E-state index contributed by atoms with van der Waals surface area (Å²) in [7, 11) is -3.49. The summed E-state index contributed by atoms with van der Waals surface area (Å²) in [5, 5.41) is 11.2. The first-order valence-corrected chi connectivity index (χ1v) is 10.4. The second-order valence-electron chi connectivity index (χ2n) is 6.10. The molecule has 1 aromatic heterocycles. The summed E-state index contributed by atoms with van der Waals surface area (Å²) in [6.45, 7) is 2.08. The molecule has 0 aliphatic rings. The van der Waals surface area contributed by atoms with E-state index in [-0.39, 0.29) is 11.6 Å². The molecule has 140 valence electrons. The van der Waals surface area contributed by atoms with Gasteiger partial charge in [-0.2, -0.15) is 0 Å². The normalized spacial score (nSPS) is 11.1. The summed E-state index contributed by atoms with van der Waals surface area (Å²) in [6.07, 6.45) is 1.34. The van der Waals surface area contributed by atoms with Crippen LogP contribution in [0.2, 0.25) is 0 Å². The summed E-state index contributed by atoms with van der Waals surface area (Å²) in [6, 6.07) is 20.8. The lowest BCUT2D eigenvalue weighted by atomic mass is 10.1. The first-order valence-electron chi connectivity index (χ1n) is 8.79. The number of sulfonamides is 1. The number of nitrogens with one attached hydrogen (secondary N) is 2.